The van der Waals surface area contributed by atoms with Crippen molar-refractivity contribution in [3.63, 3.8) is 0 Å². The van der Waals surface area contributed by atoms with Crippen LogP contribution in [0.4, 0.5) is 4.79 Å². The molecule has 0 atom stereocenters. The van der Waals surface area contributed by atoms with Crippen LogP contribution in [0.25, 0.3) is 0 Å². The largest absolute Gasteiger partial charge is 0.453 e. The number of nitrogens with zero attached hydrogens (tertiary/aromatic N) is 1. The molecule has 0 aliphatic carbocycles. The average molecular weight is 200 g/mol. The van der Waals surface area contributed by atoms with E-state index in [0.717, 1.165) is 39.0 Å². The van der Waals surface area contributed by atoms with Gasteiger partial charge in [0.2, 0.25) is 0 Å². The highest BCUT2D eigenvalue weighted by molar-refractivity contribution is 5.67. The fourth-order valence-corrected chi connectivity index (χ4v) is 1.84. The number of ether oxygens (including phenoxy) is 1. The summed E-state index contributed by atoms with van der Waals surface area (Å²) >= 11 is 0. The molecule has 4 heteroatoms. The second-order valence-corrected chi connectivity index (χ2v) is 3.70. The van der Waals surface area contributed by atoms with Gasteiger partial charge in [-0.2, -0.15) is 0 Å². The van der Waals surface area contributed by atoms with Gasteiger partial charge in [0, 0.05) is 13.1 Å². The first-order chi connectivity index (χ1) is 6.77. The number of rotatable bonds is 3. The van der Waals surface area contributed by atoms with Crippen LogP contribution < -0.4 is 5.32 Å². The molecule has 0 radical (unpaired) electrons. The van der Waals surface area contributed by atoms with E-state index in [0.29, 0.717) is 5.92 Å². The number of piperidine rings is 1. The van der Waals surface area contributed by atoms with Crippen LogP contribution in [0.5, 0.6) is 0 Å². The van der Waals surface area contributed by atoms with Crippen molar-refractivity contribution < 1.29 is 9.53 Å². The average Bonchev–Trinajstić information content (AvgIpc) is 2.26. The summed E-state index contributed by atoms with van der Waals surface area (Å²) in [6, 6.07) is 0. The first-order valence-corrected chi connectivity index (χ1v) is 5.31. The fourth-order valence-electron chi connectivity index (χ4n) is 1.84. The summed E-state index contributed by atoms with van der Waals surface area (Å²) in [5.41, 5.74) is 0. The minimum Gasteiger partial charge on any atom is -0.453 e. The molecular weight excluding hydrogens is 180 g/mol. The Bertz CT molecular complexity index is 179. The molecule has 1 heterocycles. The molecule has 4 nitrogen and oxygen atoms in total. The maximum Gasteiger partial charge on any atom is 0.409 e. The molecule has 1 amide bonds. The van der Waals surface area contributed by atoms with Gasteiger partial charge in [-0.3, -0.25) is 0 Å². The van der Waals surface area contributed by atoms with Crippen molar-refractivity contribution in [2.45, 2.75) is 19.8 Å². The number of hydrogen-bond donors (Lipinski definition) is 1. The predicted molar refractivity (Wildman–Crippen MR) is 55.2 cm³/mol. The molecule has 0 saturated carbocycles. The molecule has 1 saturated heterocycles. The minimum atomic E-state index is -0.203. The third-order valence-electron chi connectivity index (χ3n) is 2.75. The topological polar surface area (TPSA) is 41.6 Å². The van der Waals surface area contributed by atoms with Gasteiger partial charge >= 0.3 is 6.09 Å². The van der Waals surface area contributed by atoms with Crippen LogP contribution >= 0.6 is 0 Å². The Hall–Kier alpha value is -0.770. The maximum atomic E-state index is 11.3. The molecule has 1 rings (SSSR count). The lowest BCUT2D eigenvalue weighted by molar-refractivity contribution is 0.115. The Balaban J connectivity index is 2.34. The van der Waals surface area contributed by atoms with Gasteiger partial charge in [-0.1, -0.05) is 0 Å². The zero-order chi connectivity index (χ0) is 10.4. The fraction of sp³-hybridized carbons (Fsp3) is 0.900. The van der Waals surface area contributed by atoms with Crippen molar-refractivity contribution in [3.8, 4) is 0 Å². The van der Waals surface area contributed by atoms with E-state index in [4.69, 9.17) is 4.74 Å². The maximum absolute atomic E-state index is 11.3. The quantitative estimate of drug-likeness (QED) is 0.741. The van der Waals surface area contributed by atoms with E-state index < -0.39 is 0 Å². The molecule has 0 bridgehead atoms. The van der Waals surface area contributed by atoms with Gasteiger partial charge in [0.1, 0.15) is 0 Å². The van der Waals surface area contributed by atoms with E-state index in [9.17, 15) is 4.79 Å². The van der Waals surface area contributed by atoms with Gasteiger partial charge in [-0.15, -0.1) is 0 Å². The van der Waals surface area contributed by atoms with E-state index in [-0.39, 0.29) is 6.09 Å². The molecule has 1 N–H and O–H groups in total. The van der Waals surface area contributed by atoms with Gasteiger partial charge < -0.3 is 15.0 Å². The number of carbonyl (C=O) groups is 1. The molecule has 1 aliphatic rings. The summed E-state index contributed by atoms with van der Waals surface area (Å²) in [6.07, 6.45) is 2.12. The van der Waals surface area contributed by atoms with E-state index in [1.165, 1.54) is 7.11 Å². The van der Waals surface area contributed by atoms with Gasteiger partial charge in [-0.05, 0) is 38.8 Å². The van der Waals surface area contributed by atoms with Crippen LogP contribution in [0.3, 0.4) is 0 Å². The second kappa shape index (κ2) is 5.86. The normalized spacial score (nSPS) is 17.9. The van der Waals surface area contributed by atoms with Crippen molar-refractivity contribution in [2.75, 3.05) is 33.3 Å². The molecule has 1 aliphatic heterocycles. The van der Waals surface area contributed by atoms with Crippen molar-refractivity contribution in [1.29, 1.82) is 0 Å². The molecule has 14 heavy (non-hydrogen) atoms. The van der Waals surface area contributed by atoms with E-state index in [1.54, 1.807) is 4.90 Å². The van der Waals surface area contributed by atoms with E-state index >= 15 is 0 Å². The third-order valence-corrected chi connectivity index (χ3v) is 2.75. The Morgan fingerprint density at radius 1 is 1.50 bits per heavy atom. The summed E-state index contributed by atoms with van der Waals surface area (Å²) < 4.78 is 4.72. The molecular formula is C10H20N2O2. The first kappa shape index (κ1) is 11.3. The van der Waals surface area contributed by atoms with Crippen molar-refractivity contribution in [2.24, 2.45) is 5.92 Å². The molecule has 0 aromatic rings. The standard InChI is InChI=1S/C10H20N2O2/c1-3-12(10(13)14-2)8-9-4-6-11-7-5-9/h9,11H,3-8H2,1-2H3. The minimum absolute atomic E-state index is 0.203. The lowest BCUT2D eigenvalue weighted by atomic mass is 9.98. The molecule has 0 spiro atoms. The van der Waals surface area contributed by atoms with E-state index in [2.05, 4.69) is 5.32 Å². The number of hydrogen-bond acceptors (Lipinski definition) is 3. The van der Waals surface area contributed by atoms with Gasteiger partial charge in [0.15, 0.2) is 0 Å². The summed E-state index contributed by atoms with van der Waals surface area (Å²) in [5.74, 6) is 0.635. The lowest BCUT2D eigenvalue weighted by Crippen LogP contribution is -2.39. The summed E-state index contributed by atoms with van der Waals surface area (Å²) in [6.45, 7) is 5.70. The van der Waals surface area contributed by atoms with Crippen LogP contribution in [0, 0.1) is 5.92 Å². The Labute approximate surface area is 85.6 Å². The first-order valence-electron chi connectivity index (χ1n) is 5.31. The van der Waals surface area contributed by atoms with Gasteiger partial charge in [0.25, 0.3) is 0 Å². The SMILES string of the molecule is CCN(CC1CCNCC1)C(=O)OC. The van der Waals surface area contributed by atoms with Crippen LogP contribution in [0.1, 0.15) is 19.8 Å². The Kier molecular flexibility index (Phi) is 4.73. The van der Waals surface area contributed by atoms with Gasteiger partial charge in [-0.25, -0.2) is 4.79 Å². The number of nitrogens with one attached hydrogen (secondary N) is 1. The van der Waals surface area contributed by atoms with E-state index in [1.807, 2.05) is 6.92 Å². The molecule has 0 aromatic carbocycles. The summed E-state index contributed by atoms with van der Waals surface area (Å²) in [5, 5.41) is 3.31. The molecule has 1 fully saturated rings. The van der Waals surface area contributed by atoms with Crippen LogP contribution in [0.2, 0.25) is 0 Å². The molecule has 0 unspecified atom stereocenters. The summed E-state index contributed by atoms with van der Waals surface area (Å²) in [7, 11) is 1.44. The highest BCUT2D eigenvalue weighted by atomic mass is 16.5. The van der Waals surface area contributed by atoms with Crippen LogP contribution in [0.15, 0.2) is 0 Å². The van der Waals surface area contributed by atoms with Gasteiger partial charge in [0.05, 0.1) is 7.11 Å². The predicted octanol–water partition coefficient (Wildman–Crippen LogP) is 1.07. The monoisotopic (exact) mass is 200 g/mol. The smallest absolute Gasteiger partial charge is 0.409 e. The van der Waals surface area contributed by atoms with Crippen LogP contribution in [-0.2, 0) is 4.74 Å². The number of carbonyl (C=O) groups excluding carboxylic acids is 1. The second-order valence-electron chi connectivity index (χ2n) is 3.70. The molecule has 0 aromatic heterocycles. The number of amides is 1. The van der Waals surface area contributed by atoms with Crippen molar-refractivity contribution >= 4 is 6.09 Å². The third kappa shape index (κ3) is 3.18. The highest BCUT2D eigenvalue weighted by Crippen LogP contribution is 2.13. The number of methoxy groups -OCH3 is 1. The van der Waals surface area contributed by atoms with Crippen molar-refractivity contribution in [3.05, 3.63) is 0 Å². The summed E-state index contributed by atoms with van der Waals surface area (Å²) in [4.78, 5) is 13.1. The zero-order valence-corrected chi connectivity index (χ0v) is 9.08. The Morgan fingerprint density at radius 2 is 2.14 bits per heavy atom. The lowest BCUT2D eigenvalue weighted by Gasteiger charge is -2.28. The highest BCUT2D eigenvalue weighted by Gasteiger charge is 2.19. The van der Waals surface area contributed by atoms with Crippen molar-refractivity contribution in [1.82, 2.24) is 10.2 Å². The molecule has 82 valence electrons. The van der Waals surface area contributed by atoms with Crippen LogP contribution in [-0.4, -0.2) is 44.3 Å². The Morgan fingerprint density at radius 3 is 2.64 bits per heavy atom. The zero-order valence-electron chi connectivity index (χ0n) is 9.08.